The van der Waals surface area contributed by atoms with Gasteiger partial charge in [-0.15, -0.1) is 0 Å². The van der Waals surface area contributed by atoms with Crippen LogP contribution in [0.4, 0.5) is 0 Å². The molecule has 3 fully saturated rings. The summed E-state index contributed by atoms with van der Waals surface area (Å²) in [6.45, 7) is 9.51. The average Bonchev–Trinajstić information content (AvgIpc) is 0.818. The summed E-state index contributed by atoms with van der Waals surface area (Å²) in [7, 11) is 0. The van der Waals surface area contributed by atoms with E-state index in [1.165, 1.54) is 40.0 Å². The fourth-order valence-electron chi connectivity index (χ4n) is 12.8. The van der Waals surface area contributed by atoms with Crippen LogP contribution >= 0.6 is 0 Å². The zero-order valence-corrected chi connectivity index (χ0v) is 68.6. The molecule has 3 heterocycles. The Kier molecular flexibility index (Phi) is 53.5. The molecule has 10 amide bonds. The van der Waals surface area contributed by atoms with Gasteiger partial charge in [-0.1, -0.05) is 72.1 Å². The van der Waals surface area contributed by atoms with Gasteiger partial charge in [-0.05, 0) is 76.0 Å². The molecule has 38 nitrogen and oxygen atoms in total. The second kappa shape index (κ2) is 59.6. The number of aliphatic hydroxyl groups is 9. The summed E-state index contributed by atoms with van der Waals surface area (Å²) in [5.74, 6) is -3.56. The molecule has 15 atom stereocenters. The molecule has 9 unspecified atom stereocenters. The highest BCUT2D eigenvalue weighted by atomic mass is 16.7. The van der Waals surface area contributed by atoms with Crippen molar-refractivity contribution in [2.24, 2.45) is 5.41 Å². The molecule has 0 aromatic rings. The van der Waals surface area contributed by atoms with Gasteiger partial charge >= 0.3 is 0 Å². The maximum Gasteiger partial charge on any atom is 0.222 e. The molecular formula is C77H140N10O28. The highest BCUT2D eigenvalue weighted by Gasteiger charge is 2.48. The van der Waals surface area contributed by atoms with E-state index in [0.29, 0.717) is 69.6 Å². The number of nitrogens with one attached hydrogen (secondary N) is 10. The molecular weight excluding hydrogens is 1510 g/mol. The molecule has 0 bridgehead atoms. The van der Waals surface area contributed by atoms with Crippen molar-refractivity contribution in [2.45, 2.75) is 306 Å². The van der Waals surface area contributed by atoms with Crippen LogP contribution in [0.2, 0.25) is 0 Å². The number of hydrogen-bond donors (Lipinski definition) is 19. The number of unbranched alkanes of at least 4 members (excludes halogenated alkanes) is 10. The Bertz CT molecular complexity index is 2540. The Labute approximate surface area is 676 Å². The van der Waals surface area contributed by atoms with E-state index < -0.39 is 135 Å². The summed E-state index contributed by atoms with van der Waals surface area (Å²) >= 11 is 0. The summed E-state index contributed by atoms with van der Waals surface area (Å²) in [4.78, 5) is 126. The van der Waals surface area contributed by atoms with Gasteiger partial charge in [-0.25, -0.2) is 0 Å². The van der Waals surface area contributed by atoms with Gasteiger partial charge in [0, 0.05) is 125 Å². The number of aliphatic hydroxyl groups excluding tert-OH is 9. The third kappa shape index (κ3) is 44.0. The third-order valence-corrected chi connectivity index (χ3v) is 19.9. The van der Waals surface area contributed by atoms with Crippen molar-refractivity contribution in [3.05, 3.63) is 0 Å². The zero-order chi connectivity index (χ0) is 85.0. The minimum atomic E-state index is -1.45. The number of carbonyl (C=O) groups is 10. The molecule has 666 valence electrons. The van der Waals surface area contributed by atoms with Crippen LogP contribution in [0.15, 0.2) is 0 Å². The molecule has 0 saturated carbocycles. The Morgan fingerprint density at radius 2 is 0.591 bits per heavy atom. The highest BCUT2D eigenvalue weighted by molar-refractivity contribution is 5.79. The second-order valence-corrected chi connectivity index (χ2v) is 30.5. The van der Waals surface area contributed by atoms with Crippen LogP contribution in [0.3, 0.4) is 0 Å². The summed E-state index contributed by atoms with van der Waals surface area (Å²) in [6.07, 6.45) is -1.17. The van der Waals surface area contributed by atoms with E-state index in [-0.39, 0.29) is 185 Å². The Morgan fingerprint density at radius 3 is 0.870 bits per heavy atom. The van der Waals surface area contributed by atoms with Gasteiger partial charge in [-0.2, -0.15) is 0 Å². The molecule has 0 spiro atoms. The lowest BCUT2D eigenvalue weighted by Crippen LogP contribution is -2.64. The first kappa shape index (κ1) is 103. The van der Waals surface area contributed by atoms with Gasteiger partial charge < -0.3 is 142 Å². The number of hydrogen-bond acceptors (Lipinski definition) is 28. The number of rotatable bonds is 64. The Hall–Kier alpha value is -6.02. The summed E-state index contributed by atoms with van der Waals surface area (Å²) in [6, 6.07) is -3.27. The predicted octanol–water partition coefficient (Wildman–Crippen LogP) is -2.34. The smallest absolute Gasteiger partial charge is 0.222 e. The van der Waals surface area contributed by atoms with Gasteiger partial charge in [-0.3, -0.25) is 47.9 Å². The van der Waals surface area contributed by atoms with Crippen molar-refractivity contribution in [1.82, 2.24) is 53.2 Å². The fraction of sp³-hybridized carbons (Fsp3) is 0.870. The van der Waals surface area contributed by atoms with Crippen LogP contribution in [0.5, 0.6) is 0 Å². The van der Waals surface area contributed by atoms with Crippen molar-refractivity contribution < 1.29 is 137 Å². The molecule has 0 aliphatic carbocycles. The normalized spacial score (nSPS) is 24.0. The Morgan fingerprint density at radius 1 is 0.330 bits per heavy atom. The minimum absolute atomic E-state index is 0.0855. The van der Waals surface area contributed by atoms with Crippen LogP contribution in [0.1, 0.15) is 208 Å². The number of carbonyl (C=O) groups excluding carboxylic acids is 10. The third-order valence-electron chi connectivity index (χ3n) is 19.9. The maximum atomic E-state index is 14.0. The Balaban J connectivity index is 1.57. The van der Waals surface area contributed by atoms with Crippen molar-refractivity contribution in [2.75, 3.05) is 119 Å². The van der Waals surface area contributed by atoms with Gasteiger partial charge in [0.05, 0.1) is 59.5 Å². The molecule has 0 aromatic carbocycles. The zero-order valence-electron chi connectivity index (χ0n) is 68.6. The standard InChI is InChI=1S/C77H140N10O28/c1-7-76(5,6)32-18-13-11-9-8-10-12-14-28-63(100)87-77(48-107-42-29-60(97)81-36-22-33-78-57(94)25-15-19-39-110-73-64(84-51(2)91)70(104)67(101)54(45-88)113-73,49-108-43-30-61(98)82-37-23-34-79-58(95)26-16-20-40-111-74-65(85-52(3)92)71(105)68(102)55(46-89)114-74)50-109-44-31-62(99)83-38-24-35-80-59(96)27-17-21-41-112-75-66(86-53(4)93)72(106)69(103)56(47-90)115-75/h54-56,64-75,88-90,101-106H,7-50H2,1-6H3,(H,78,94)(H,79,95)(H,80,96)(H,81,97)(H,82,98)(H,83,99)(H,84,91)(H,85,92)(H,86,93)(H,87,100)/t54?,55?,56?,64?,65?,66?,67-,68-,69-,70?,71?,72?,73-,74-,75-,77?/m1/s1. The first-order valence-electron chi connectivity index (χ1n) is 41.2. The maximum absolute atomic E-state index is 14.0. The molecule has 115 heavy (non-hydrogen) atoms. The van der Waals surface area contributed by atoms with Gasteiger partial charge in [0.25, 0.3) is 0 Å². The SMILES string of the molecule is CCC(C)(C)CCCCCCCCCCC(=O)NC(COCCC(=O)NCCCNC(=O)CCCCO[C@@H]1OC(CO)[C@@H](O)C(O)C1NC(C)=O)(COCCC(=O)NCCCNC(=O)CCCCO[C@@H]1OC(CO)[C@@H](O)C(O)C1NC(C)=O)COCCC(=O)NCCCNC(=O)CCCCO[C@@H]1OC(CO)[C@@H](O)C(O)C1NC(C)=O. The summed E-state index contributed by atoms with van der Waals surface area (Å²) in [5.41, 5.74) is -1.04. The quantitative estimate of drug-likeness (QED) is 0.0284. The van der Waals surface area contributed by atoms with E-state index in [1.807, 2.05) is 0 Å². The van der Waals surface area contributed by atoms with E-state index in [0.717, 1.165) is 38.5 Å². The van der Waals surface area contributed by atoms with Crippen LogP contribution < -0.4 is 53.2 Å². The lowest BCUT2D eigenvalue weighted by Gasteiger charge is -2.42. The van der Waals surface area contributed by atoms with Crippen molar-refractivity contribution in [3.8, 4) is 0 Å². The molecule has 3 aliphatic rings. The van der Waals surface area contributed by atoms with E-state index in [2.05, 4.69) is 73.9 Å². The van der Waals surface area contributed by atoms with Gasteiger partial charge in [0.1, 0.15) is 78.6 Å². The van der Waals surface area contributed by atoms with Crippen molar-refractivity contribution in [3.63, 3.8) is 0 Å². The van der Waals surface area contributed by atoms with Crippen LogP contribution in [-0.2, 0) is 90.6 Å². The van der Waals surface area contributed by atoms with Gasteiger partial charge in [0.15, 0.2) is 18.9 Å². The highest BCUT2D eigenvalue weighted by Crippen LogP contribution is 2.29. The second-order valence-electron chi connectivity index (χ2n) is 30.5. The van der Waals surface area contributed by atoms with Crippen LogP contribution in [0, 0.1) is 5.41 Å². The molecule has 3 saturated heterocycles. The molecule has 3 aliphatic heterocycles. The number of ether oxygens (including phenoxy) is 9. The fourth-order valence-corrected chi connectivity index (χ4v) is 12.8. The summed E-state index contributed by atoms with van der Waals surface area (Å²) < 4.78 is 52.3. The van der Waals surface area contributed by atoms with E-state index >= 15 is 0 Å². The topological polar surface area (TPSA) is 556 Å². The largest absolute Gasteiger partial charge is 0.394 e. The molecule has 0 aromatic heterocycles. The molecule has 19 N–H and O–H groups in total. The minimum Gasteiger partial charge on any atom is -0.394 e. The van der Waals surface area contributed by atoms with E-state index in [1.54, 1.807) is 0 Å². The summed E-state index contributed by atoms with van der Waals surface area (Å²) in [5, 5.41) is 118. The van der Waals surface area contributed by atoms with Crippen molar-refractivity contribution in [1.29, 1.82) is 0 Å². The van der Waals surface area contributed by atoms with E-state index in [9.17, 15) is 93.9 Å². The average molecular weight is 1650 g/mol. The predicted molar refractivity (Wildman–Crippen MR) is 415 cm³/mol. The van der Waals surface area contributed by atoms with E-state index in [4.69, 9.17) is 42.6 Å². The first-order valence-corrected chi connectivity index (χ1v) is 41.2. The van der Waals surface area contributed by atoms with Crippen LogP contribution in [-0.4, -0.2) is 321 Å². The van der Waals surface area contributed by atoms with Crippen molar-refractivity contribution >= 4 is 59.1 Å². The molecule has 38 heteroatoms. The first-order chi connectivity index (χ1) is 55.0. The molecule has 0 radical (unpaired) electrons. The lowest BCUT2D eigenvalue weighted by atomic mass is 9.84. The monoisotopic (exact) mass is 1650 g/mol. The number of amides is 10. The molecule has 3 rings (SSSR count). The lowest BCUT2D eigenvalue weighted by molar-refractivity contribution is -0.270. The van der Waals surface area contributed by atoms with Crippen LogP contribution in [0.25, 0.3) is 0 Å². The van der Waals surface area contributed by atoms with Gasteiger partial charge in [0.2, 0.25) is 59.1 Å².